The minimum Gasteiger partial charge on any atom is -0.392 e. The number of rotatable bonds is 3. The lowest BCUT2D eigenvalue weighted by molar-refractivity contribution is -0.0879. The molecule has 0 aliphatic carbocycles. The van der Waals surface area contributed by atoms with E-state index in [1.54, 1.807) is 0 Å². The molecule has 0 saturated carbocycles. The van der Waals surface area contributed by atoms with Gasteiger partial charge in [-0.15, -0.1) is 6.42 Å². The molecule has 21 heavy (non-hydrogen) atoms. The molecule has 0 radical (unpaired) electrons. The van der Waals surface area contributed by atoms with Gasteiger partial charge in [-0.1, -0.05) is 60.6 Å². The third-order valence-electron chi connectivity index (χ3n) is 4.21. The summed E-state index contributed by atoms with van der Waals surface area (Å²) in [5.74, 6) is 2.67. The molecule has 0 aromatic heterocycles. The Morgan fingerprint density at radius 1 is 1.19 bits per heavy atom. The Labute approximate surface area is 151 Å². The molecule has 1 N–H and O–H groups in total. The Bertz CT molecular complexity index is 387. The van der Waals surface area contributed by atoms with E-state index in [-0.39, 0.29) is 38.9 Å². The van der Waals surface area contributed by atoms with Crippen LogP contribution in [0.2, 0.25) is 0 Å². The van der Waals surface area contributed by atoms with Crippen molar-refractivity contribution >= 4 is 47.8 Å². The van der Waals surface area contributed by atoms with Gasteiger partial charge in [0.1, 0.15) is 4.83 Å². The summed E-state index contributed by atoms with van der Waals surface area (Å²) < 4.78 is 12.3. The molecule has 2 fully saturated rings. The zero-order valence-corrected chi connectivity index (χ0v) is 16.7. The van der Waals surface area contributed by atoms with Crippen LogP contribution in [0.1, 0.15) is 32.6 Å². The SMILES string of the molecule is C#C[C@@H](Br)[C@H]1C[C@H]2OC(C(Br)CC)C[C@H](Br)[C@H](O)C[C@H]2O1. The van der Waals surface area contributed by atoms with Gasteiger partial charge in [0.15, 0.2) is 0 Å². The van der Waals surface area contributed by atoms with Crippen molar-refractivity contribution in [2.75, 3.05) is 0 Å². The lowest BCUT2D eigenvalue weighted by Gasteiger charge is -2.34. The number of alkyl halides is 3. The number of ether oxygens (including phenoxy) is 2. The minimum atomic E-state index is -0.432. The maximum atomic E-state index is 10.3. The van der Waals surface area contributed by atoms with Crippen molar-refractivity contribution in [1.29, 1.82) is 0 Å². The van der Waals surface area contributed by atoms with Gasteiger partial charge in [0, 0.05) is 22.5 Å². The van der Waals surface area contributed by atoms with E-state index in [1.165, 1.54) is 0 Å². The number of aliphatic hydroxyl groups is 1. The Kier molecular flexibility index (Phi) is 7.05. The Hall–Kier alpha value is 0.880. The fourth-order valence-electron chi connectivity index (χ4n) is 2.94. The Balaban J connectivity index is 2.12. The number of fused-ring (bicyclic) bond motifs is 1. The van der Waals surface area contributed by atoms with Gasteiger partial charge in [-0.3, -0.25) is 0 Å². The van der Waals surface area contributed by atoms with Crippen LogP contribution in [0.15, 0.2) is 0 Å². The summed E-state index contributed by atoms with van der Waals surface area (Å²) in [5, 5.41) is 10.3. The van der Waals surface area contributed by atoms with E-state index >= 15 is 0 Å². The highest BCUT2D eigenvalue weighted by molar-refractivity contribution is 9.10. The molecule has 120 valence electrons. The van der Waals surface area contributed by atoms with Crippen LogP contribution in [0.25, 0.3) is 0 Å². The van der Waals surface area contributed by atoms with E-state index < -0.39 is 6.10 Å². The second-order valence-electron chi connectivity index (χ2n) is 5.71. The maximum Gasteiger partial charge on any atom is 0.101 e. The quantitative estimate of drug-likeness (QED) is 0.489. The van der Waals surface area contributed by atoms with Crippen LogP contribution in [0.5, 0.6) is 0 Å². The largest absolute Gasteiger partial charge is 0.392 e. The predicted octanol–water partition coefficient (Wildman–Crippen LogP) is 3.39. The molecule has 3 nitrogen and oxygen atoms in total. The number of aliphatic hydroxyl groups excluding tert-OH is 1. The summed E-state index contributed by atoms with van der Waals surface area (Å²) in [5.41, 5.74) is 0. The van der Waals surface area contributed by atoms with Crippen molar-refractivity contribution in [2.45, 2.75) is 77.6 Å². The van der Waals surface area contributed by atoms with Crippen molar-refractivity contribution in [3.8, 4) is 12.3 Å². The van der Waals surface area contributed by atoms with Crippen LogP contribution in [0, 0.1) is 12.3 Å². The van der Waals surface area contributed by atoms with Crippen molar-refractivity contribution in [3.05, 3.63) is 0 Å². The molecular formula is C15H21Br3O3. The summed E-state index contributed by atoms with van der Waals surface area (Å²) in [6, 6.07) is 0. The average molecular weight is 489 g/mol. The van der Waals surface area contributed by atoms with Crippen molar-refractivity contribution in [3.63, 3.8) is 0 Å². The van der Waals surface area contributed by atoms with Crippen LogP contribution in [-0.4, -0.2) is 50.1 Å². The number of hydrogen-bond acceptors (Lipinski definition) is 3. The predicted molar refractivity (Wildman–Crippen MR) is 94.4 cm³/mol. The summed E-state index contributed by atoms with van der Waals surface area (Å²) >= 11 is 10.7. The first-order valence-electron chi connectivity index (χ1n) is 7.33. The zero-order chi connectivity index (χ0) is 15.6. The summed E-state index contributed by atoms with van der Waals surface area (Å²) in [4.78, 5) is 0.177. The Morgan fingerprint density at radius 3 is 2.43 bits per heavy atom. The molecule has 2 heterocycles. The van der Waals surface area contributed by atoms with Gasteiger partial charge in [0.2, 0.25) is 0 Å². The topological polar surface area (TPSA) is 38.7 Å². The van der Waals surface area contributed by atoms with Crippen LogP contribution < -0.4 is 0 Å². The lowest BCUT2D eigenvalue weighted by atomic mass is 9.96. The molecule has 0 bridgehead atoms. The second kappa shape index (κ2) is 8.12. The first-order valence-corrected chi connectivity index (χ1v) is 10.1. The first kappa shape index (κ1) is 18.2. The Morgan fingerprint density at radius 2 is 1.81 bits per heavy atom. The molecule has 6 heteroatoms. The molecule has 0 aromatic carbocycles. The van der Waals surface area contributed by atoms with Gasteiger partial charge in [-0.2, -0.15) is 0 Å². The van der Waals surface area contributed by atoms with Crippen LogP contribution in [0.4, 0.5) is 0 Å². The van der Waals surface area contributed by atoms with Crippen molar-refractivity contribution < 1.29 is 14.6 Å². The molecule has 2 rings (SSSR count). The molecule has 0 aromatic rings. The van der Waals surface area contributed by atoms with E-state index in [1.807, 2.05) is 0 Å². The van der Waals surface area contributed by atoms with Crippen LogP contribution in [0.3, 0.4) is 0 Å². The fraction of sp³-hybridized carbons (Fsp3) is 0.867. The van der Waals surface area contributed by atoms with Gasteiger partial charge in [0.05, 0.1) is 30.5 Å². The molecular weight excluding hydrogens is 468 g/mol. The number of hydrogen-bond donors (Lipinski definition) is 1. The van der Waals surface area contributed by atoms with Gasteiger partial charge < -0.3 is 14.6 Å². The van der Waals surface area contributed by atoms with E-state index in [2.05, 4.69) is 60.6 Å². The smallest absolute Gasteiger partial charge is 0.101 e. The second-order valence-corrected chi connectivity index (χ2v) is 9.05. The molecule has 0 amide bonds. The lowest BCUT2D eigenvalue weighted by Crippen LogP contribution is -2.42. The monoisotopic (exact) mass is 486 g/mol. The van der Waals surface area contributed by atoms with Gasteiger partial charge in [-0.25, -0.2) is 0 Å². The molecule has 2 unspecified atom stereocenters. The van der Waals surface area contributed by atoms with Gasteiger partial charge in [0.25, 0.3) is 0 Å². The van der Waals surface area contributed by atoms with E-state index in [0.29, 0.717) is 6.42 Å². The number of halogens is 3. The molecule has 2 aliphatic heterocycles. The highest BCUT2D eigenvalue weighted by atomic mass is 79.9. The highest BCUT2D eigenvalue weighted by Crippen LogP contribution is 2.37. The van der Waals surface area contributed by atoms with Gasteiger partial charge >= 0.3 is 0 Å². The van der Waals surface area contributed by atoms with E-state index in [0.717, 1.165) is 19.3 Å². The maximum absolute atomic E-state index is 10.3. The van der Waals surface area contributed by atoms with Gasteiger partial charge in [-0.05, 0) is 12.8 Å². The summed E-state index contributed by atoms with van der Waals surface area (Å²) in [6.45, 7) is 2.12. The van der Waals surface area contributed by atoms with Crippen LogP contribution >= 0.6 is 47.8 Å². The average Bonchev–Trinajstić information content (AvgIpc) is 2.85. The minimum absolute atomic E-state index is 0.00495. The molecule has 2 saturated heterocycles. The van der Waals surface area contributed by atoms with Crippen LogP contribution in [-0.2, 0) is 9.47 Å². The normalized spacial score (nSPS) is 43.2. The molecule has 8 atom stereocenters. The highest BCUT2D eigenvalue weighted by Gasteiger charge is 2.44. The molecule has 0 spiro atoms. The van der Waals surface area contributed by atoms with E-state index in [4.69, 9.17) is 15.9 Å². The van der Waals surface area contributed by atoms with Crippen molar-refractivity contribution in [2.24, 2.45) is 0 Å². The summed E-state index contributed by atoms with van der Waals surface area (Å²) in [6.07, 6.45) is 8.04. The first-order chi connectivity index (χ1) is 9.96. The fourth-order valence-corrected chi connectivity index (χ4v) is 4.20. The standard InChI is InChI=1S/C15H21Br3O3/c1-3-8(16)12-5-10(18)11(19)6-14-15(20-12)7-13(21-14)9(17)4-2/h2,8-15,19H,3,5-7H2,1H3/t8?,9-,10+,11-,12?,13-,14-,15-/m1/s1. The summed E-state index contributed by atoms with van der Waals surface area (Å²) in [7, 11) is 0. The van der Waals surface area contributed by atoms with E-state index in [9.17, 15) is 5.11 Å². The molecule has 2 aliphatic rings. The third-order valence-corrected chi connectivity index (χ3v) is 7.28. The number of terminal acetylenes is 1. The third kappa shape index (κ3) is 4.45. The zero-order valence-electron chi connectivity index (χ0n) is 11.9. The van der Waals surface area contributed by atoms with Crippen molar-refractivity contribution in [1.82, 2.24) is 0 Å².